The molecule has 0 fully saturated rings. The Morgan fingerprint density at radius 2 is 2.36 bits per heavy atom. The van der Waals surface area contributed by atoms with Crippen molar-refractivity contribution in [3.8, 4) is 0 Å². The van der Waals surface area contributed by atoms with Gasteiger partial charge in [-0.15, -0.1) is 0 Å². The maximum absolute atomic E-state index is 9.14. The van der Waals surface area contributed by atoms with E-state index in [1.807, 2.05) is 0 Å². The third-order valence-electron chi connectivity index (χ3n) is 2.71. The summed E-state index contributed by atoms with van der Waals surface area (Å²) >= 11 is 3.57. The minimum atomic E-state index is 0.213. The average Bonchev–Trinajstić information content (AvgIpc) is 2.40. The monoisotopic (exact) mass is 255 g/mol. The fourth-order valence-corrected chi connectivity index (χ4v) is 2.55. The van der Waals surface area contributed by atoms with Gasteiger partial charge in [0.1, 0.15) is 0 Å². The Labute approximate surface area is 92.5 Å². The van der Waals surface area contributed by atoms with E-state index in [0.29, 0.717) is 0 Å². The summed E-state index contributed by atoms with van der Waals surface area (Å²) in [6, 6.07) is 6.50. The smallest absolute Gasteiger partial charge is 0.0587 e. The van der Waals surface area contributed by atoms with Crippen LogP contribution < -0.4 is 5.32 Å². The fourth-order valence-electron chi connectivity index (χ4n) is 1.94. The van der Waals surface area contributed by atoms with E-state index in [4.69, 9.17) is 5.11 Å². The summed E-state index contributed by atoms with van der Waals surface area (Å²) in [7, 11) is 0. The number of aliphatic hydroxyl groups excluding tert-OH is 1. The standard InChI is InChI=1S/C11H14BrNO/c12-11-3-1-2-8-6-9(7-14)13-5-4-10(8)11/h1-3,9,13-14H,4-7H2. The van der Waals surface area contributed by atoms with Crippen molar-refractivity contribution in [3.05, 3.63) is 33.8 Å². The second-order valence-electron chi connectivity index (χ2n) is 3.67. The molecule has 0 radical (unpaired) electrons. The van der Waals surface area contributed by atoms with Crippen LogP contribution in [-0.4, -0.2) is 24.3 Å². The number of fused-ring (bicyclic) bond motifs is 1. The summed E-state index contributed by atoms with van der Waals surface area (Å²) in [6.07, 6.45) is 1.96. The SMILES string of the molecule is OCC1Cc2cccc(Br)c2CCN1. The molecule has 14 heavy (non-hydrogen) atoms. The Hall–Kier alpha value is -0.380. The highest BCUT2D eigenvalue weighted by atomic mass is 79.9. The van der Waals surface area contributed by atoms with E-state index < -0.39 is 0 Å². The summed E-state index contributed by atoms with van der Waals surface area (Å²) in [5.41, 5.74) is 2.74. The van der Waals surface area contributed by atoms with Crippen LogP contribution in [0.1, 0.15) is 11.1 Å². The highest BCUT2D eigenvalue weighted by molar-refractivity contribution is 9.10. The molecular weight excluding hydrogens is 242 g/mol. The molecule has 0 aliphatic carbocycles. The summed E-state index contributed by atoms with van der Waals surface area (Å²) in [5.74, 6) is 0. The van der Waals surface area contributed by atoms with E-state index in [1.54, 1.807) is 0 Å². The first-order valence-corrected chi connectivity index (χ1v) is 5.71. The van der Waals surface area contributed by atoms with Crippen LogP contribution in [0.25, 0.3) is 0 Å². The molecule has 1 aliphatic rings. The van der Waals surface area contributed by atoms with Gasteiger partial charge in [0.05, 0.1) is 6.61 Å². The molecule has 2 rings (SSSR count). The first-order valence-electron chi connectivity index (χ1n) is 4.92. The van der Waals surface area contributed by atoms with Crippen molar-refractivity contribution in [2.24, 2.45) is 0 Å². The molecule has 0 amide bonds. The van der Waals surface area contributed by atoms with Gasteiger partial charge in [0.15, 0.2) is 0 Å². The number of hydrogen-bond acceptors (Lipinski definition) is 2. The molecule has 2 nitrogen and oxygen atoms in total. The van der Waals surface area contributed by atoms with Gasteiger partial charge in [0.25, 0.3) is 0 Å². The second-order valence-corrected chi connectivity index (χ2v) is 4.52. The Morgan fingerprint density at radius 1 is 1.50 bits per heavy atom. The van der Waals surface area contributed by atoms with Crippen LogP contribution in [0.4, 0.5) is 0 Å². The van der Waals surface area contributed by atoms with Gasteiger partial charge in [0, 0.05) is 10.5 Å². The third kappa shape index (κ3) is 2.00. The number of aliphatic hydroxyl groups is 1. The van der Waals surface area contributed by atoms with Gasteiger partial charge < -0.3 is 10.4 Å². The van der Waals surface area contributed by atoms with E-state index in [-0.39, 0.29) is 12.6 Å². The summed E-state index contributed by atoms with van der Waals surface area (Å²) in [5, 5.41) is 12.5. The minimum Gasteiger partial charge on any atom is -0.395 e. The molecule has 0 saturated heterocycles. The largest absolute Gasteiger partial charge is 0.395 e. The predicted octanol–water partition coefficient (Wildman–Crippen LogP) is 1.50. The lowest BCUT2D eigenvalue weighted by Gasteiger charge is -2.12. The number of hydrogen-bond donors (Lipinski definition) is 2. The van der Waals surface area contributed by atoms with Gasteiger partial charge in [-0.1, -0.05) is 28.1 Å². The van der Waals surface area contributed by atoms with Crippen LogP contribution in [0.3, 0.4) is 0 Å². The maximum atomic E-state index is 9.14. The van der Waals surface area contributed by atoms with Crippen molar-refractivity contribution in [1.29, 1.82) is 0 Å². The molecule has 1 aliphatic heterocycles. The average molecular weight is 256 g/mol. The Kier molecular flexibility index (Phi) is 3.21. The first-order chi connectivity index (χ1) is 6.81. The highest BCUT2D eigenvalue weighted by Gasteiger charge is 2.16. The van der Waals surface area contributed by atoms with E-state index in [0.717, 1.165) is 19.4 Å². The van der Waals surface area contributed by atoms with Gasteiger partial charge in [-0.25, -0.2) is 0 Å². The van der Waals surface area contributed by atoms with E-state index in [2.05, 4.69) is 39.4 Å². The first kappa shape index (κ1) is 10.1. The van der Waals surface area contributed by atoms with E-state index >= 15 is 0 Å². The van der Waals surface area contributed by atoms with Crippen molar-refractivity contribution in [1.82, 2.24) is 5.32 Å². The topological polar surface area (TPSA) is 32.3 Å². The summed E-state index contributed by atoms with van der Waals surface area (Å²) < 4.78 is 1.19. The molecule has 76 valence electrons. The predicted molar refractivity (Wildman–Crippen MR) is 60.4 cm³/mol. The van der Waals surface area contributed by atoms with Crippen molar-refractivity contribution in [3.63, 3.8) is 0 Å². The van der Waals surface area contributed by atoms with Crippen LogP contribution in [0, 0.1) is 0 Å². The summed E-state index contributed by atoms with van der Waals surface area (Å²) in [6.45, 7) is 1.16. The van der Waals surface area contributed by atoms with Crippen LogP contribution >= 0.6 is 15.9 Å². The molecule has 1 heterocycles. The lowest BCUT2D eigenvalue weighted by Crippen LogP contribution is -2.33. The molecule has 0 saturated carbocycles. The van der Waals surface area contributed by atoms with Crippen molar-refractivity contribution < 1.29 is 5.11 Å². The van der Waals surface area contributed by atoms with E-state index in [1.165, 1.54) is 15.6 Å². The molecule has 1 aromatic rings. The molecule has 1 atom stereocenters. The van der Waals surface area contributed by atoms with Crippen LogP contribution in [0.5, 0.6) is 0 Å². The van der Waals surface area contributed by atoms with Crippen LogP contribution in [-0.2, 0) is 12.8 Å². The zero-order valence-electron chi connectivity index (χ0n) is 7.96. The van der Waals surface area contributed by atoms with Crippen LogP contribution in [0.2, 0.25) is 0 Å². The number of benzene rings is 1. The number of nitrogens with one attached hydrogen (secondary N) is 1. The molecule has 1 unspecified atom stereocenters. The Balaban J connectivity index is 2.32. The second kappa shape index (κ2) is 4.43. The van der Waals surface area contributed by atoms with Gasteiger partial charge in [-0.3, -0.25) is 0 Å². The molecule has 1 aromatic carbocycles. The molecular formula is C11H14BrNO. The number of rotatable bonds is 1. The molecule has 3 heteroatoms. The number of halogens is 1. The molecule has 0 aromatic heterocycles. The Bertz CT molecular complexity index is 327. The van der Waals surface area contributed by atoms with Crippen molar-refractivity contribution in [2.75, 3.05) is 13.2 Å². The summed E-state index contributed by atoms with van der Waals surface area (Å²) in [4.78, 5) is 0. The van der Waals surface area contributed by atoms with Crippen molar-refractivity contribution in [2.45, 2.75) is 18.9 Å². The minimum absolute atomic E-state index is 0.213. The molecule has 2 N–H and O–H groups in total. The fraction of sp³-hybridized carbons (Fsp3) is 0.455. The quantitative estimate of drug-likeness (QED) is 0.798. The van der Waals surface area contributed by atoms with Gasteiger partial charge >= 0.3 is 0 Å². The molecule has 0 spiro atoms. The van der Waals surface area contributed by atoms with Crippen LogP contribution in [0.15, 0.2) is 22.7 Å². The van der Waals surface area contributed by atoms with E-state index in [9.17, 15) is 0 Å². The maximum Gasteiger partial charge on any atom is 0.0587 e. The normalized spacial score (nSPS) is 21.4. The third-order valence-corrected chi connectivity index (χ3v) is 3.45. The lowest BCUT2D eigenvalue weighted by molar-refractivity contribution is 0.244. The van der Waals surface area contributed by atoms with Gasteiger partial charge in [-0.2, -0.15) is 0 Å². The Morgan fingerprint density at radius 3 is 3.14 bits per heavy atom. The van der Waals surface area contributed by atoms with Crippen molar-refractivity contribution >= 4 is 15.9 Å². The highest BCUT2D eigenvalue weighted by Crippen LogP contribution is 2.23. The van der Waals surface area contributed by atoms with Gasteiger partial charge in [0.2, 0.25) is 0 Å². The lowest BCUT2D eigenvalue weighted by atomic mass is 10.0. The van der Waals surface area contributed by atoms with Gasteiger partial charge in [-0.05, 0) is 36.6 Å². The molecule has 0 bridgehead atoms. The zero-order chi connectivity index (χ0) is 9.97. The zero-order valence-corrected chi connectivity index (χ0v) is 9.55.